The van der Waals surface area contributed by atoms with Gasteiger partial charge in [-0.15, -0.1) is 0 Å². The van der Waals surface area contributed by atoms with Gasteiger partial charge in [0.05, 0.1) is 0 Å². The maximum Gasteiger partial charge on any atom is 0.222 e. The van der Waals surface area contributed by atoms with Gasteiger partial charge in [-0.1, -0.05) is 53.0 Å². The van der Waals surface area contributed by atoms with Crippen molar-refractivity contribution >= 4 is 40.7 Å². The number of benzene rings is 2. The molecule has 22 heavy (non-hydrogen) atoms. The number of aryl methyl sites for hydroxylation is 1. The van der Waals surface area contributed by atoms with Gasteiger partial charge in [-0.05, 0) is 41.8 Å². The van der Waals surface area contributed by atoms with Crippen LogP contribution >= 0.6 is 34.8 Å². The van der Waals surface area contributed by atoms with E-state index < -0.39 is 0 Å². The first-order valence-electron chi connectivity index (χ1n) is 6.88. The highest BCUT2D eigenvalue weighted by Crippen LogP contribution is 2.22. The lowest BCUT2D eigenvalue weighted by atomic mass is 10.1. The molecule has 2 rings (SSSR count). The average molecular weight is 357 g/mol. The van der Waals surface area contributed by atoms with Crippen molar-refractivity contribution in [2.75, 3.05) is 7.05 Å². The topological polar surface area (TPSA) is 20.3 Å². The highest BCUT2D eigenvalue weighted by Gasteiger charge is 2.11. The van der Waals surface area contributed by atoms with E-state index in [0.717, 1.165) is 11.1 Å². The number of amides is 1. The van der Waals surface area contributed by atoms with E-state index in [2.05, 4.69) is 0 Å². The summed E-state index contributed by atoms with van der Waals surface area (Å²) < 4.78 is 0. The Balaban J connectivity index is 1.89. The molecule has 0 aliphatic carbocycles. The zero-order valence-corrected chi connectivity index (χ0v) is 14.4. The molecule has 0 fully saturated rings. The molecule has 2 aromatic rings. The average Bonchev–Trinajstić information content (AvgIpc) is 2.48. The lowest BCUT2D eigenvalue weighted by molar-refractivity contribution is -0.130. The summed E-state index contributed by atoms with van der Waals surface area (Å²) in [5, 5.41) is 1.88. The summed E-state index contributed by atoms with van der Waals surface area (Å²) in [5.74, 6) is 0.0703. The van der Waals surface area contributed by atoms with Crippen molar-refractivity contribution in [2.24, 2.45) is 0 Å². The summed E-state index contributed by atoms with van der Waals surface area (Å²) in [6.07, 6.45) is 1.01. The highest BCUT2D eigenvalue weighted by molar-refractivity contribution is 6.35. The SMILES string of the molecule is CN(Cc1ccc(Cl)cc1)C(=O)CCc1ccc(Cl)cc1Cl. The van der Waals surface area contributed by atoms with Gasteiger partial charge in [0.2, 0.25) is 5.91 Å². The van der Waals surface area contributed by atoms with Crippen molar-refractivity contribution in [3.05, 3.63) is 68.7 Å². The molecule has 0 aliphatic heterocycles. The van der Waals surface area contributed by atoms with E-state index >= 15 is 0 Å². The molecular formula is C17H16Cl3NO. The van der Waals surface area contributed by atoms with Crippen LogP contribution in [0, 0.1) is 0 Å². The van der Waals surface area contributed by atoms with E-state index in [1.165, 1.54) is 0 Å². The smallest absolute Gasteiger partial charge is 0.222 e. The molecule has 116 valence electrons. The molecule has 2 nitrogen and oxygen atoms in total. The summed E-state index contributed by atoms with van der Waals surface area (Å²) in [6.45, 7) is 0.560. The third-order valence-corrected chi connectivity index (χ3v) is 4.22. The fraction of sp³-hybridized carbons (Fsp3) is 0.235. The second-order valence-corrected chi connectivity index (χ2v) is 6.39. The normalized spacial score (nSPS) is 10.5. The maximum atomic E-state index is 12.2. The van der Waals surface area contributed by atoms with Crippen LogP contribution in [-0.2, 0) is 17.8 Å². The van der Waals surface area contributed by atoms with Gasteiger partial charge in [0.1, 0.15) is 0 Å². The van der Waals surface area contributed by atoms with Crippen LogP contribution in [0.5, 0.6) is 0 Å². The van der Waals surface area contributed by atoms with Crippen molar-refractivity contribution in [3.63, 3.8) is 0 Å². The molecule has 0 saturated heterocycles. The summed E-state index contributed by atoms with van der Waals surface area (Å²) in [5.41, 5.74) is 1.98. The molecule has 0 unspecified atom stereocenters. The molecule has 0 spiro atoms. The Kier molecular flexibility index (Phi) is 6.13. The van der Waals surface area contributed by atoms with Gasteiger partial charge in [0.25, 0.3) is 0 Å². The van der Waals surface area contributed by atoms with Crippen LogP contribution in [0.4, 0.5) is 0 Å². The largest absolute Gasteiger partial charge is 0.341 e. The number of rotatable bonds is 5. The summed E-state index contributed by atoms with van der Waals surface area (Å²) in [6, 6.07) is 12.8. The summed E-state index contributed by atoms with van der Waals surface area (Å²) >= 11 is 17.8. The van der Waals surface area contributed by atoms with E-state index in [9.17, 15) is 4.79 Å². The second kappa shape index (κ2) is 7.87. The standard InChI is InChI=1S/C17H16Cl3NO/c1-21(11-12-2-6-14(18)7-3-12)17(22)9-5-13-4-8-15(19)10-16(13)20/h2-4,6-8,10H,5,9,11H2,1H3. The molecule has 0 saturated carbocycles. The Morgan fingerprint density at radius 2 is 1.64 bits per heavy atom. The zero-order chi connectivity index (χ0) is 16.1. The number of hydrogen-bond donors (Lipinski definition) is 0. The monoisotopic (exact) mass is 355 g/mol. The zero-order valence-electron chi connectivity index (χ0n) is 12.2. The van der Waals surface area contributed by atoms with Crippen LogP contribution in [0.2, 0.25) is 15.1 Å². The van der Waals surface area contributed by atoms with Crippen molar-refractivity contribution in [1.29, 1.82) is 0 Å². The minimum Gasteiger partial charge on any atom is -0.341 e. The Morgan fingerprint density at radius 3 is 2.27 bits per heavy atom. The highest BCUT2D eigenvalue weighted by atomic mass is 35.5. The van der Waals surface area contributed by atoms with Crippen LogP contribution in [0.1, 0.15) is 17.5 Å². The molecule has 1 amide bonds. The Bertz CT molecular complexity index is 655. The number of halogens is 3. The molecule has 0 atom stereocenters. The van der Waals surface area contributed by atoms with Gasteiger partial charge in [-0.2, -0.15) is 0 Å². The Morgan fingerprint density at radius 1 is 1.00 bits per heavy atom. The van der Waals surface area contributed by atoms with E-state index in [1.807, 2.05) is 30.3 Å². The van der Waals surface area contributed by atoms with Crippen LogP contribution in [0.15, 0.2) is 42.5 Å². The fourth-order valence-corrected chi connectivity index (χ4v) is 2.74. The van der Waals surface area contributed by atoms with Crippen molar-refractivity contribution in [2.45, 2.75) is 19.4 Å². The molecule has 0 radical (unpaired) electrons. The van der Waals surface area contributed by atoms with Gasteiger partial charge in [-0.3, -0.25) is 4.79 Å². The van der Waals surface area contributed by atoms with Gasteiger partial charge < -0.3 is 4.90 Å². The van der Waals surface area contributed by atoms with Crippen LogP contribution in [-0.4, -0.2) is 17.9 Å². The molecule has 0 aromatic heterocycles. The number of nitrogens with zero attached hydrogens (tertiary/aromatic N) is 1. The quantitative estimate of drug-likeness (QED) is 0.717. The van der Waals surface area contributed by atoms with E-state index in [0.29, 0.717) is 34.5 Å². The van der Waals surface area contributed by atoms with Gasteiger partial charge in [0.15, 0.2) is 0 Å². The second-order valence-electron chi connectivity index (χ2n) is 5.11. The van der Waals surface area contributed by atoms with E-state index in [1.54, 1.807) is 24.1 Å². The predicted octanol–water partition coefficient (Wildman–Crippen LogP) is 5.24. The third kappa shape index (κ3) is 4.91. The molecule has 2 aromatic carbocycles. The lowest BCUT2D eigenvalue weighted by Gasteiger charge is -2.17. The first kappa shape index (κ1) is 17.1. The summed E-state index contributed by atoms with van der Waals surface area (Å²) in [4.78, 5) is 13.9. The number of carbonyl (C=O) groups excluding carboxylic acids is 1. The molecule has 0 N–H and O–H groups in total. The first-order chi connectivity index (χ1) is 10.5. The summed E-state index contributed by atoms with van der Waals surface area (Å²) in [7, 11) is 1.79. The van der Waals surface area contributed by atoms with Crippen LogP contribution < -0.4 is 0 Å². The van der Waals surface area contributed by atoms with Crippen molar-refractivity contribution in [3.8, 4) is 0 Å². The van der Waals surface area contributed by atoms with Gasteiger partial charge in [0, 0.05) is 35.1 Å². The molecule has 5 heteroatoms. The van der Waals surface area contributed by atoms with Crippen molar-refractivity contribution < 1.29 is 4.79 Å². The minimum atomic E-state index is 0.0703. The van der Waals surface area contributed by atoms with Crippen molar-refractivity contribution in [1.82, 2.24) is 4.90 Å². The van der Waals surface area contributed by atoms with Crippen LogP contribution in [0.25, 0.3) is 0 Å². The Labute approximate surface area is 145 Å². The lowest BCUT2D eigenvalue weighted by Crippen LogP contribution is -2.26. The van der Waals surface area contributed by atoms with Gasteiger partial charge in [-0.25, -0.2) is 0 Å². The minimum absolute atomic E-state index is 0.0703. The fourth-order valence-electron chi connectivity index (χ4n) is 2.11. The molecule has 0 heterocycles. The third-order valence-electron chi connectivity index (χ3n) is 3.38. The number of carbonyl (C=O) groups is 1. The molecular weight excluding hydrogens is 341 g/mol. The maximum absolute atomic E-state index is 12.2. The number of hydrogen-bond acceptors (Lipinski definition) is 1. The first-order valence-corrected chi connectivity index (χ1v) is 8.01. The predicted molar refractivity (Wildman–Crippen MR) is 92.7 cm³/mol. The van der Waals surface area contributed by atoms with Crippen LogP contribution in [0.3, 0.4) is 0 Å². The van der Waals surface area contributed by atoms with Gasteiger partial charge >= 0.3 is 0 Å². The Hall–Kier alpha value is -1.22. The van der Waals surface area contributed by atoms with E-state index in [4.69, 9.17) is 34.8 Å². The molecule has 0 bridgehead atoms. The van der Waals surface area contributed by atoms with E-state index in [-0.39, 0.29) is 5.91 Å². The molecule has 0 aliphatic rings.